The average molecular weight is 553 g/mol. The molecule has 2 aromatic carbocycles. The van der Waals surface area contributed by atoms with Crippen LogP contribution in [-0.4, -0.2) is 35.5 Å². The third-order valence-corrected chi connectivity index (χ3v) is 6.92. The molecule has 39 heavy (non-hydrogen) atoms. The predicted octanol–water partition coefficient (Wildman–Crippen LogP) is 6.03. The SMILES string of the molecule is CC1Cc2cnc(OCc3cc(-c4c(F)cc(OCCC5(O)COC5)cc4F)c(C(F)(F)F)cc3F)cc2C1. The van der Waals surface area contributed by atoms with Gasteiger partial charge in [-0.05, 0) is 42.0 Å². The molecule has 0 bridgehead atoms. The van der Waals surface area contributed by atoms with Gasteiger partial charge in [0.25, 0.3) is 0 Å². The molecular formula is C28H25F6NO4. The number of aromatic nitrogens is 1. The van der Waals surface area contributed by atoms with Crippen molar-refractivity contribution in [3.05, 3.63) is 76.2 Å². The fourth-order valence-corrected chi connectivity index (χ4v) is 4.83. The van der Waals surface area contributed by atoms with Gasteiger partial charge in [0.15, 0.2) is 0 Å². The van der Waals surface area contributed by atoms with Gasteiger partial charge in [-0.15, -0.1) is 0 Å². The first kappa shape index (κ1) is 27.3. The van der Waals surface area contributed by atoms with Gasteiger partial charge in [0, 0.05) is 41.9 Å². The monoisotopic (exact) mass is 553 g/mol. The van der Waals surface area contributed by atoms with E-state index in [9.17, 15) is 22.7 Å². The van der Waals surface area contributed by atoms with Crippen LogP contribution in [0.4, 0.5) is 26.3 Å². The summed E-state index contributed by atoms with van der Waals surface area (Å²) in [4.78, 5) is 4.17. The number of alkyl halides is 3. The number of pyridine rings is 1. The maximum absolute atomic E-state index is 15.1. The molecule has 208 valence electrons. The summed E-state index contributed by atoms with van der Waals surface area (Å²) in [6.45, 7) is 1.70. The molecule has 1 fully saturated rings. The maximum Gasteiger partial charge on any atom is 0.417 e. The van der Waals surface area contributed by atoms with E-state index in [-0.39, 0.29) is 49.5 Å². The molecule has 1 atom stereocenters. The van der Waals surface area contributed by atoms with Gasteiger partial charge in [-0.3, -0.25) is 0 Å². The normalized spacial score (nSPS) is 18.0. The highest BCUT2D eigenvalue weighted by Crippen LogP contribution is 2.41. The van der Waals surface area contributed by atoms with Gasteiger partial charge in [0.05, 0.1) is 30.9 Å². The molecule has 5 rings (SSSR count). The summed E-state index contributed by atoms with van der Waals surface area (Å²) in [6, 6.07) is 4.14. The van der Waals surface area contributed by atoms with Gasteiger partial charge < -0.3 is 19.3 Å². The molecule has 1 aliphatic carbocycles. The average Bonchev–Trinajstić information content (AvgIpc) is 3.21. The Morgan fingerprint density at radius 3 is 2.31 bits per heavy atom. The van der Waals surface area contributed by atoms with E-state index >= 15 is 8.78 Å². The molecule has 11 heteroatoms. The van der Waals surface area contributed by atoms with Crippen LogP contribution in [0.5, 0.6) is 11.6 Å². The lowest BCUT2D eigenvalue weighted by Crippen LogP contribution is -2.50. The molecule has 0 radical (unpaired) electrons. The molecule has 1 unspecified atom stereocenters. The zero-order valence-corrected chi connectivity index (χ0v) is 20.9. The minimum absolute atomic E-state index is 0.0977. The van der Waals surface area contributed by atoms with Gasteiger partial charge in [-0.25, -0.2) is 18.2 Å². The Morgan fingerprint density at radius 2 is 1.67 bits per heavy atom. The summed E-state index contributed by atoms with van der Waals surface area (Å²) < 4.78 is 102. The Kier molecular flexibility index (Phi) is 7.23. The summed E-state index contributed by atoms with van der Waals surface area (Å²) in [6.07, 6.45) is -1.62. The lowest BCUT2D eigenvalue weighted by molar-refractivity contribution is -0.184. The van der Waals surface area contributed by atoms with Gasteiger partial charge >= 0.3 is 6.18 Å². The van der Waals surface area contributed by atoms with Crippen molar-refractivity contribution in [2.24, 2.45) is 5.92 Å². The van der Waals surface area contributed by atoms with Crippen LogP contribution in [0.15, 0.2) is 36.5 Å². The molecular weight excluding hydrogens is 528 g/mol. The highest BCUT2D eigenvalue weighted by molar-refractivity contribution is 5.71. The zero-order valence-electron chi connectivity index (χ0n) is 20.9. The number of halogens is 6. The van der Waals surface area contributed by atoms with Crippen molar-refractivity contribution in [1.29, 1.82) is 0 Å². The van der Waals surface area contributed by atoms with Crippen LogP contribution in [0.2, 0.25) is 0 Å². The Morgan fingerprint density at radius 1 is 0.974 bits per heavy atom. The number of hydrogen-bond acceptors (Lipinski definition) is 5. The van der Waals surface area contributed by atoms with Crippen LogP contribution >= 0.6 is 0 Å². The number of ether oxygens (including phenoxy) is 3. The van der Waals surface area contributed by atoms with Gasteiger partial charge in [0.1, 0.15) is 35.4 Å². The molecule has 0 spiro atoms. The van der Waals surface area contributed by atoms with Gasteiger partial charge in [-0.1, -0.05) is 6.92 Å². The van der Waals surface area contributed by atoms with E-state index in [1.165, 1.54) is 0 Å². The number of fused-ring (bicyclic) bond motifs is 1. The maximum atomic E-state index is 15.1. The van der Waals surface area contributed by atoms with Crippen LogP contribution in [0.25, 0.3) is 11.1 Å². The molecule has 0 saturated carbocycles. The highest BCUT2D eigenvalue weighted by Gasteiger charge is 2.37. The molecule has 1 aliphatic heterocycles. The van der Waals surface area contributed by atoms with Crippen molar-refractivity contribution in [2.45, 2.75) is 44.6 Å². The van der Waals surface area contributed by atoms with E-state index in [0.717, 1.165) is 42.2 Å². The minimum Gasteiger partial charge on any atom is -0.493 e. The molecule has 1 N–H and O–H groups in total. The molecule has 5 nitrogen and oxygen atoms in total. The lowest BCUT2D eigenvalue weighted by Gasteiger charge is -2.36. The van der Waals surface area contributed by atoms with Crippen LogP contribution in [0.3, 0.4) is 0 Å². The smallest absolute Gasteiger partial charge is 0.417 e. The third-order valence-electron chi connectivity index (χ3n) is 6.92. The third kappa shape index (κ3) is 5.84. The number of aliphatic hydroxyl groups is 1. The Bertz CT molecular complexity index is 1370. The first-order valence-electron chi connectivity index (χ1n) is 12.3. The quantitative estimate of drug-likeness (QED) is 0.346. The lowest BCUT2D eigenvalue weighted by atomic mass is 9.95. The number of benzene rings is 2. The van der Waals surface area contributed by atoms with E-state index in [1.54, 1.807) is 12.3 Å². The van der Waals surface area contributed by atoms with Crippen molar-refractivity contribution in [1.82, 2.24) is 4.98 Å². The molecule has 2 aliphatic rings. The van der Waals surface area contributed by atoms with Crippen LogP contribution < -0.4 is 9.47 Å². The van der Waals surface area contributed by atoms with Crippen molar-refractivity contribution < 1.29 is 45.7 Å². The Balaban J connectivity index is 1.41. The van der Waals surface area contributed by atoms with Crippen LogP contribution in [0.1, 0.15) is 35.6 Å². The Hall–Kier alpha value is -3.31. The predicted molar refractivity (Wildman–Crippen MR) is 128 cm³/mol. The fourth-order valence-electron chi connectivity index (χ4n) is 4.83. The van der Waals surface area contributed by atoms with Gasteiger partial charge in [-0.2, -0.15) is 13.2 Å². The number of nitrogens with zero attached hydrogens (tertiary/aromatic N) is 1. The van der Waals surface area contributed by atoms with Crippen molar-refractivity contribution in [2.75, 3.05) is 19.8 Å². The standard InChI is InChI=1S/C28H25F6NO4/c1-15-4-16-7-25(35-11-17(16)5-15)39-12-18-6-20(21(10-22(18)29)28(32,33)34)26-23(30)8-19(9-24(26)31)38-3-2-27(36)13-37-14-27/h6-11,15,36H,2-5,12-14H2,1H3. The summed E-state index contributed by atoms with van der Waals surface area (Å²) in [5.74, 6) is -3.55. The second-order valence-electron chi connectivity index (χ2n) is 10.2. The number of rotatable bonds is 8. The van der Waals surface area contributed by atoms with Gasteiger partial charge in [0.2, 0.25) is 5.88 Å². The summed E-state index contributed by atoms with van der Waals surface area (Å²) >= 11 is 0. The first-order chi connectivity index (χ1) is 18.4. The Labute approximate surface area is 220 Å². The molecule has 1 saturated heterocycles. The van der Waals surface area contributed by atoms with Crippen LogP contribution in [-0.2, 0) is 30.4 Å². The van der Waals surface area contributed by atoms with Crippen molar-refractivity contribution in [3.63, 3.8) is 0 Å². The zero-order chi connectivity index (χ0) is 27.9. The fraction of sp³-hybridized carbons (Fsp3) is 0.393. The van der Waals surface area contributed by atoms with E-state index < -0.39 is 52.5 Å². The summed E-state index contributed by atoms with van der Waals surface area (Å²) in [5.41, 5.74) is -2.70. The number of hydrogen-bond donors (Lipinski definition) is 1. The summed E-state index contributed by atoms with van der Waals surface area (Å²) in [7, 11) is 0. The molecule has 3 aromatic rings. The second kappa shape index (κ2) is 10.3. The molecule has 0 amide bonds. The first-order valence-corrected chi connectivity index (χ1v) is 12.3. The minimum atomic E-state index is -5.10. The van der Waals surface area contributed by atoms with Crippen LogP contribution in [0, 0.1) is 23.4 Å². The summed E-state index contributed by atoms with van der Waals surface area (Å²) in [5, 5.41) is 10.0. The largest absolute Gasteiger partial charge is 0.493 e. The van der Waals surface area contributed by atoms with E-state index in [2.05, 4.69) is 11.9 Å². The van der Waals surface area contributed by atoms with E-state index in [1.807, 2.05) is 0 Å². The molecule has 1 aromatic heterocycles. The topological polar surface area (TPSA) is 60.8 Å². The van der Waals surface area contributed by atoms with Crippen molar-refractivity contribution >= 4 is 0 Å². The van der Waals surface area contributed by atoms with E-state index in [0.29, 0.717) is 5.92 Å². The molecule has 2 heterocycles. The van der Waals surface area contributed by atoms with Crippen molar-refractivity contribution in [3.8, 4) is 22.8 Å². The second-order valence-corrected chi connectivity index (χ2v) is 10.2. The van der Waals surface area contributed by atoms with E-state index in [4.69, 9.17) is 14.2 Å². The highest BCUT2D eigenvalue weighted by atomic mass is 19.4.